The third-order valence-electron chi connectivity index (χ3n) is 3.96. The molecule has 0 bridgehead atoms. The number of oxazole rings is 1. The largest absolute Gasteiger partial charge is 0.481 e. The van der Waals surface area contributed by atoms with Gasteiger partial charge in [-0.3, -0.25) is 9.36 Å². The first-order chi connectivity index (χ1) is 8.54. The average molecular weight is 247 g/mol. The number of aryl methyl sites for hydroxylation is 1. The molecule has 2 aromatic rings. The second kappa shape index (κ2) is 3.48. The van der Waals surface area contributed by atoms with Crippen LogP contribution in [0.2, 0.25) is 0 Å². The van der Waals surface area contributed by atoms with Crippen molar-refractivity contribution in [3.8, 4) is 0 Å². The topological polar surface area (TPSA) is 72.4 Å². The van der Waals surface area contributed by atoms with Gasteiger partial charge in [-0.05, 0) is 30.5 Å². The highest BCUT2D eigenvalue weighted by Gasteiger charge is 2.46. The predicted octanol–water partition coefficient (Wildman–Crippen LogP) is 1.64. The van der Waals surface area contributed by atoms with Crippen LogP contribution in [0.4, 0.5) is 0 Å². The lowest BCUT2D eigenvalue weighted by Crippen LogP contribution is -2.42. The second-order valence-electron chi connectivity index (χ2n) is 4.85. The minimum absolute atomic E-state index is 0.430. The Labute approximate surface area is 103 Å². The summed E-state index contributed by atoms with van der Waals surface area (Å²) in [5, 5.41) is 9.39. The number of carboxylic acid groups (broad SMARTS) is 1. The van der Waals surface area contributed by atoms with Crippen LogP contribution in [0.5, 0.6) is 0 Å². The molecule has 1 aliphatic carbocycles. The summed E-state index contributed by atoms with van der Waals surface area (Å²) in [6, 6.07) is 5.18. The van der Waals surface area contributed by atoms with Crippen LogP contribution in [0.1, 0.15) is 24.8 Å². The van der Waals surface area contributed by atoms with E-state index in [2.05, 4.69) is 0 Å². The van der Waals surface area contributed by atoms with Gasteiger partial charge in [0.2, 0.25) is 0 Å². The third-order valence-corrected chi connectivity index (χ3v) is 3.96. The highest BCUT2D eigenvalue weighted by Crippen LogP contribution is 2.44. The maximum absolute atomic E-state index is 11.4. The number of fused-ring (bicyclic) bond motifs is 1. The molecular formula is C13H13NO4. The van der Waals surface area contributed by atoms with Gasteiger partial charge in [0, 0.05) is 7.05 Å². The van der Waals surface area contributed by atoms with Gasteiger partial charge >= 0.3 is 11.7 Å². The van der Waals surface area contributed by atoms with Gasteiger partial charge in [0.25, 0.3) is 0 Å². The molecule has 0 amide bonds. The van der Waals surface area contributed by atoms with Gasteiger partial charge in [0.1, 0.15) is 0 Å². The highest BCUT2D eigenvalue weighted by molar-refractivity contribution is 5.85. The van der Waals surface area contributed by atoms with E-state index in [9.17, 15) is 14.7 Å². The number of aliphatic carboxylic acids is 1. The van der Waals surface area contributed by atoms with Crippen LogP contribution in [0.15, 0.2) is 27.4 Å². The molecule has 0 atom stereocenters. The third kappa shape index (κ3) is 1.27. The van der Waals surface area contributed by atoms with Crippen LogP contribution in [0, 0.1) is 0 Å². The second-order valence-corrected chi connectivity index (χ2v) is 4.85. The van der Waals surface area contributed by atoms with Crippen LogP contribution in [0.25, 0.3) is 11.1 Å². The lowest BCUT2D eigenvalue weighted by molar-refractivity contribution is -0.147. The van der Waals surface area contributed by atoms with Gasteiger partial charge in [0.15, 0.2) is 5.58 Å². The van der Waals surface area contributed by atoms with Crippen molar-refractivity contribution < 1.29 is 14.3 Å². The summed E-state index contributed by atoms with van der Waals surface area (Å²) in [6.07, 6.45) is 2.23. The first-order valence-corrected chi connectivity index (χ1v) is 5.88. The first kappa shape index (κ1) is 11.1. The Bertz CT molecular complexity index is 691. The molecule has 1 saturated carbocycles. The van der Waals surface area contributed by atoms with Crippen LogP contribution < -0.4 is 5.76 Å². The molecule has 0 unspecified atom stereocenters. The molecule has 94 valence electrons. The number of carboxylic acids is 1. The lowest BCUT2D eigenvalue weighted by atomic mass is 9.64. The Morgan fingerprint density at radius 2 is 2.17 bits per heavy atom. The van der Waals surface area contributed by atoms with Gasteiger partial charge in [-0.1, -0.05) is 12.5 Å². The van der Waals surface area contributed by atoms with Gasteiger partial charge in [0.05, 0.1) is 10.9 Å². The highest BCUT2D eigenvalue weighted by atomic mass is 16.4. The van der Waals surface area contributed by atoms with Crippen molar-refractivity contribution in [3.63, 3.8) is 0 Å². The van der Waals surface area contributed by atoms with Crippen LogP contribution in [0.3, 0.4) is 0 Å². The fourth-order valence-electron chi connectivity index (χ4n) is 2.58. The van der Waals surface area contributed by atoms with E-state index in [4.69, 9.17) is 4.42 Å². The van der Waals surface area contributed by atoms with Gasteiger partial charge < -0.3 is 9.52 Å². The van der Waals surface area contributed by atoms with Crippen molar-refractivity contribution >= 4 is 17.1 Å². The number of aromatic nitrogens is 1. The number of carbonyl (C=O) groups is 1. The quantitative estimate of drug-likeness (QED) is 0.875. The molecule has 0 spiro atoms. The minimum Gasteiger partial charge on any atom is -0.481 e. The van der Waals surface area contributed by atoms with Crippen molar-refractivity contribution in [1.82, 2.24) is 4.57 Å². The van der Waals surface area contributed by atoms with Crippen molar-refractivity contribution in [1.29, 1.82) is 0 Å². The normalized spacial score (nSPS) is 17.6. The molecule has 0 aliphatic heterocycles. The molecule has 0 radical (unpaired) electrons. The maximum atomic E-state index is 11.4. The monoisotopic (exact) mass is 247 g/mol. The molecule has 1 N–H and O–H groups in total. The molecule has 1 aromatic heterocycles. The summed E-state index contributed by atoms with van der Waals surface area (Å²) >= 11 is 0. The van der Waals surface area contributed by atoms with Crippen LogP contribution in [-0.2, 0) is 17.3 Å². The molecule has 3 rings (SSSR count). The first-order valence-electron chi connectivity index (χ1n) is 5.88. The van der Waals surface area contributed by atoms with Gasteiger partial charge in [-0.25, -0.2) is 4.79 Å². The summed E-state index contributed by atoms with van der Waals surface area (Å²) in [6.45, 7) is 0. The van der Waals surface area contributed by atoms with E-state index in [0.717, 1.165) is 12.0 Å². The van der Waals surface area contributed by atoms with E-state index in [1.54, 1.807) is 25.2 Å². The average Bonchev–Trinajstić information content (AvgIpc) is 2.53. The van der Waals surface area contributed by atoms with Crippen molar-refractivity contribution in [3.05, 3.63) is 34.3 Å². The molecular weight excluding hydrogens is 234 g/mol. The standard InChI is InChI=1S/C13H13NO4/c1-14-9-7-8(3-4-10(9)18-12(14)17)13(11(15)16)5-2-6-13/h3-4,7H,2,5-6H2,1H3,(H,15,16). The zero-order chi connectivity index (χ0) is 12.9. The SMILES string of the molecule is Cn1c(=O)oc2ccc(C3(C(=O)O)CCC3)cc21. The number of rotatable bonds is 2. The van der Waals surface area contributed by atoms with E-state index in [0.29, 0.717) is 23.9 Å². The Morgan fingerprint density at radius 3 is 2.72 bits per heavy atom. The van der Waals surface area contributed by atoms with E-state index < -0.39 is 17.1 Å². The van der Waals surface area contributed by atoms with Gasteiger partial charge in [-0.15, -0.1) is 0 Å². The zero-order valence-corrected chi connectivity index (χ0v) is 9.97. The summed E-state index contributed by atoms with van der Waals surface area (Å²) < 4.78 is 6.43. The van der Waals surface area contributed by atoms with E-state index >= 15 is 0 Å². The molecule has 1 fully saturated rings. The minimum atomic E-state index is -0.790. The smallest absolute Gasteiger partial charge is 0.419 e. The molecule has 5 nitrogen and oxygen atoms in total. The molecule has 1 heterocycles. The molecule has 1 aliphatic rings. The Hall–Kier alpha value is -2.04. The number of benzene rings is 1. The Morgan fingerprint density at radius 1 is 1.44 bits per heavy atom. The van der Waals surface area contributed by atoms with E-state index in [1.165, 1.54) is 4.57 Å². The number of nitrogens with zero attached hydrogens (tertiary/aromatic N) is 1. The summed E-state index contributed by atoms with van der Waals surface area (Å²) in [5.74, 6) is -1.22. The zero-order valence-electron chi connectivity index (χ0n) is 9.97. The predicted molar refractivity (Wildman–Crippen MR) is 64.6 cm³/mol. The summed E-state index contributed by atoms with van der Waals surface area (Å²) in [5.41, 5.74) is 1.11. The van der Waals surface area contributed by atoms with Crippen LogP contribution in [-0.4, -0.2) is 15.6 Å². The van der Waals surface area contributed by atoms with E-state index in [-0.39, 0.29) is 0 Å². The lowest BCUT2D eigenvalue weighted by Gasteiger charge is -2.38. The Kier molecular flexibility index (Phi) is 2.14. The van der Waals surface area contributed by atoms with Gasteiger partial charge in [-0.2, -0.15) is 0 Å². The fraction of sp³-hybridized carbons (Fsp3) is 0.385. The molecule has 1 aromatic carbocycles. The van der Waals surface area contributed by atoms with Crippen molar-refractivity contribution in [2.45, 2.75) is 24.7 Å². The van der Waals surface area contributed by atoms with Crippen molar-refractivity contribution in [2.24, 2.45) is 7.05 Å². The Balaban J connectivity index is 2.22. The fourth-order valence-corrected chi connectivity index (χ4v) is 2.58. The number of hydrogen-bond acceptors (Lipinski definition) is 3. The molecule has 0 saturated heterocycles. The van der Waals surface area contributed by atoms with Crippen LogP contribution >= 0.6 is 0 Å². The summed E-state index contributed by atoms with van der Waals surface area (Å²) in [4.78, 5) is 22.8. The molecule has 5 heteroatoms. The summed E-state index contributed by atoms with van der Waals surface area (Å²) in [7, 11) is 1.62. The molecule has 18 heavy (non-hydrogen) atoms. The van der Waals surface area contributed by atoms with E-state index in [1.807, 2.05) is 0 Å². The number of hydrogen-bond donors (Lipinski definition) is 1. The maximum Gasteiger partial charge on any atom is 0.419 e. The van der Waals surface area contributed by atoms with Crippen molar-refractivity contribution in [2.75, 3.05) is 0 Å².